The zero-order valence-corrected chi connectivity index (χ0v) is 10.7. The molecule has 0 N–H and O–H groups in total. The largest absolute Gasteiger partial charge is 0.238 e. The van der Waals surface area contributed by atoms with Crippen molar-refractivity contribution in [3.8, 4) is 0 Å². The summed E-state index contributed by atoms with van der Waals surface area (Å²) in [6, 6.07) is 0.584. The molecule has 0 aromatic carbocycles. The fourth-order valence-corrected chi connectivity index (χ4v) is 2.21. The highest BCUT2D eigenvalue weighted by atomic mass is 14.9. The molecule has 1 aliphatic heterocycles. The van der Waals surface area contributed by atoms with Crippen molar-refractivity contribution in [2.45, 2.75) is 60.4 Å². The van der Waals surface area contributed by atoms with Gasteiger partial charge in [0.05, 0.1) is 0 Å². The predicted octanol–water partition coefficient (Wildman–Crippen LogP) is 3.46. The van der Waals surface area contributed by atoms with Crippen LogP contribution in [0.5, 0.6) is 0 Å². The van der Waals surface area contributed by atoms with Gasteiger partial charge in [0.15, 0.2) is 0 Å². The molecule has 1 rings (SSSR count). The smallest absolute Gasteiger partial charge is 0.0294 e. The zero-order valence-electron chi connectivity index (χ0n) is 10.7. The molecular formula is C13H26N. The molecule has 2 unspecified atom stereocenters. The second-order valence-electron chi connectivity index (χ2n) is 6.89. The fraction of sp³-hybridized carbons (Fsp3) is 1.00. The van der Waals surface area contributed by atoms with E-state index in [1.165, 1.54) is 12.8 Å². The van der Waals surface area contributed by atoms with E-state index >= 15 is 0 Å². The van der Waals surface area contributed by atoms with Gasteiger partial charge in [-0.15, -0.1) is 0 Å². The van der Waals surface area contributed by atoms with E-state index in [0.29, 0.717) is 16.9 Å². The Morgan fingerprint density at radius 2 is 1.43 bits per heavy atom. The lowest BCUT2D eigenvalue weighted by molar-refractivity contribution is 0.125. The summed E-state index contributed by atoms with van der Waals surface area (Å²) in [7, 11) is 0. The van der Waals surface area contributed by atoms with Gasteiger partial charge in [-0.2, -0.15) is 0 Å². The lowest BCUT2D eigenvalue weighted by Crippen LogP contribution is -2.44. The summed E-state index contributed by atoms with van der Waals surface area (Å²) in [6.07, 6.45) is 2.64. The molecule has 1 nitrogen and oxygen atoms in total. The van der Waals surface area contributed by atoms with Gasteiger partial charge in [0.25, 0.3) is 0 Å². The molecule has 1 radical (unpaired) electrons. The molecule has 2 atom stereocenters. The molecule has 0 aromatic heterocycles. The van der Waals surface area contributed by atoms with Crippen LogP contribution in [0.3, 0.4) is 0 Å². The Morgan fingerprint density at radius 1 is 0.857 bits per heavy atom. The maximum absolute atomic E-state index is 4.85. The summed E-state index contributed by atoms with van der Waals surface area (Å²) in [5.74, 6) is 0.793. The first kappa shape index (κ1) is 12.0. The van der Waals surface area contributed by atoms with Crippen molar-refractivity contribution in [2.24, 2.45) is 16.7 Å². The van der Waals surface area contributed by atoms with E-state index in [-0.39, 0.29) is 0 Å². The highest BCUT2D eigenvalue weighted by Crippen LogP contribution is 2.36. The maximum Gasteiger partial charge on any atom is 0.0294 e. The normalized spacial score (nSPS) is 30.4. The summed E-state index contributed by atoms with van der Waals surface area (Å²) < 4.78 is 0. The molecule has 0 aliphatic carbocycles. The number of rotatable bonds is 0. The highest BCUT2D eigenvalue weighted by molar-refractivity contribution is 4.89. The molecule has 83 valence electrons. The molecular weight excluding hydrogens is 170 g/mol. The van der Waals surface area contributed by atoms with Crippen molar-refractivity contribution < 1.29 is 0 Å². The third kappa shape index (κ3) is 2.98. The molecule has 0 saturated carbocycles. The average molecular weight is 196 g/mol. The standard InChI is InChI=1S/C13H26N/c1-12(2,3)10-7-8-11(14-9-10)13(4,5)6/h10-11H,7-9H2,1-6H3. The molecule has 0 bridgehead atoms. The van der Waals surface area contributed by atoms with Crippen LogP contribution in [0, 0.1) is 16.7 Å². The Kier molecular flexibility index (Phi) is 3.30. The number of piperidine rings is 1. The SMILES string of the molecule is CC(C)(C)C1CCC(C(C)(C)C)[N]C1. The van der Waals surface area contributed by atoms with E-state index in [9.17, 15) is 0 Å². The highest BCUT2D eigenvalue weighted by Gasteiger charge is 2.34. The van der Waals surface area contributed by atoms with Gasteiger partial charge in [-0.25, -0.2) is 5.32 Å². The average Bonchev–Trinajstić information content (AvgIpc) is 2.01. The van der Waals surface area contributed by atoms with Gasteiger partial charge in [0.2, 0.25) is 0 Å². The molecule has 0 amide bonds. The quantitative estimate of drug-likeness (QED) is 0.563. The molecule has 1 aliphatic rings. The summed E-state index contributed by atoms with van der Waals surface area (Å²) >= 11 is 0. The number of hydrogen-bond donors (Lipinski definition) is 0. The van der Waals surface area contributed by atoms with E-state index in [0.717, 1.165) is 12.5 Å². The molecule has 0 aromatic rings. The molecule has 1 fully saturated rings. The Labute approximate surface area is 89.7 Å². The monoisotopic (exact) mass is 196 g/mol. The first-order chi connectivity index (χ1) is 6.21. The van der Waals surface area contributed by atoms with Crippen molar-refractivity contribution in [2.75, 3.05) is 6.54 Å². The Balaban J connectivity index is 2.47. The minimum Gasteiger partial charge on any atom is -0.238 e. The summed E-state index contributed by atoms with van der Waals surface area (Å²) in [4.78, 5) is 0. The van der Waals surface area contributed by atoms with Gasteiger partial charge in [-0.3, -0.25) is 0 Å². The minimum absolute atomic E-state index is 0.364. The van der Waals surface area contributed by atoms with Crippen LogP contribution < -0.4 is 5.32 Å². The molecule has 1 heteroatoms. The van der Waals surface area contributed by atoms with Crippen molar-refractivity contribution in [1.29, 1.82) is 0 Å². The van der Waals surface area contributed by atoms with Crippen molar-refractivity contribution in [3.05, 3.63) is 0 Å². The third-order valence-electron chi connectivity index (χ3n) is 3.56. The number of hydrogen-bond acceptors (Lipinski definition) is 0. The van der Waals surface area contributed by atoms with Crippen molar-refractivity contribution in [1.82, 2.24) is 5.32 Å². The summed E-state index contributed by atoms with van der Waals surface area (Å²) in [6.45, 7) is 15.0. The molecule has 0 spiro atoms. The zero-order chi connectivity index (χ0) is 11.0. The van der Waals surface area contributed by atoms with Crippen LogP contribution in [0.1, 0.15) is 54.4 Å². The minimum atomic E-state index is 0.364. The van der Waals surface area contributed by atoms with Crippen LogP contribution in [0.4, 0.5) is 0 Å². The summed E-state index contributed by atoms with van der Waals surface area (Å²) in [5, 5.41) is 4.85. The summed E-state index contributed by atoms with van der Waals surface area (Å²) in [5.41, 5.74) is 0.801. The van der Waals surface area contributed by atoms with E-state index < -0.39 is 0 Å². The van der Waals surface area contributed by atoms with Gasteiger partial charge in [0.1, 0.15) is 0 Å². The van der Waals surface area contributed by atoms with Crippen LogP contribution in [-0.2, 0) is 0 Å². The maximum atomic E-state index is 4.85. The van der Waals surface area contributed by atoms with Gasteiger partial charge < -0.3 is 0 Å². The Hall–Kier alpha value is -0.0400. The Bertz CT molecular complexity index is 152. The predicted molar refractivity (Wildman–Crippen MR) is 62.4 cm³/mol. The lowest BCUT2D eigenvalue weighted by Gasteiger charge is -2.41. The van der Waals surface area contributed by atoms with Crippen LogP contribution >= 0.6 is 0 Å². The lowest BCUT2D eigenvalue weighted by atomic mass is 9.72. The fourth-order valence-electron chi connectivity index (χ4n) is 2.21. The van der Waals surface area contributed by atoms with Gasteiger partial charge >= 0.3 is 0 Å². The molecule has 1 saturated heterocycles. The van der Waals surface area contributed by atoms with E-state index in [1.807, 2.05) is 0 Å². The molecule has 14 heavy (non-hydrogen) atoms. The van der Waals surface area contributed by atoms with E-state index in [2.05, 4.69) is 41.5 Å². The Morgan fingerprint density at radius 3 is 1.71 bits per heavy atom. The first-order valence-corrected chi connectivity index (χ1v) is 5.88. The van der Waals surface area contributed by atoms with Crippen molar-refractivity contribution in [3.63, 3.8) is 0 Å². The van der Waals surface area contributed by atoms with Gasteiger partial charge in [0, 0.05) is 12.6 Å². The number of nitrogens with zero attached hydrogens (tertiary/aromatic N) is 1. The van der Waals surface area contributed by atoms with Crippen LogP contribution in [0.2, 0.25) is 0 Å². The van der Waals surface area contributed by atoms with Gasteiger partial charge in [-0.05, 0) is 29.6 Å². The molecule has 1 heterocycles. The van der Waals surface area contributed by atoms with E-state index in [4.69, 9.17) is 5.32 Å². The van der Waals surface area contributed by atoms with Crippen LogP contribution in [0.15, 0.2) is 0 Å². The topological polar surface area (TPSA) is 14.1 Å². The third-order valence-corrected chi connectivity index (χ3v) is 3.56. The second-order valence-corrected chi connectivity index (χ2v) is 6.89. The van der Waals surface area contributed by atoms with Gasteiger partial charge in [-0.1, -0.05) is 41.5 Å². The van der Waals surface area contributed by atoms with E-state index in [1.54, 1.807) is 0 Å². The second kappa shape index (κ2) is 3.84. The van der Waals surface area contributed by atoms with Crippen molar-refractivity contribution >= 4 is 0 Å². The van der Waals surface area contributed by atoms with Crippen LogP contribution in [0.25, 0.3) is 0 Å². The van der Waals surface area contributed by atoms with Crippen LogP contribution in [-0.4, -0.2) is 12.6 Å². The first-order valence-electron chi connectivity index (χ1n) is 5.88.